The number of rotatable bonds is 5. The van der Waals surface area contributed by atoms with Gasteiger partial charge in [0.15, 0.2) is 0 Å². The van der Waals surface area contributed by atoms with Crippen LogP contribution in [0.15, 0.2) is 72.3 Å². The summed E-state index contributed by atoms with van der Waals surface area (Å²) >= 11 is 0. The monoisotopic (exact) mass is 364 g/mol. The lowest BCUT2D eigenvalue weighted by Crippen LogP contribution is -2.44. The van der Waals surface area contributed by atoms with Crippen molar-refractivity contribution in [1.29, 1.82) is 0 Å². The van der Waals surface area contributed by atoms with Crippen molar-refractivity contribution >= 4 is 12.0 Å². The van der Waals surface area contributed by atoms with E-state index < -0.39 is 12.1 Å². The van der Waals surface area contributed by atoms with Crippen molar-refractivity contribution < 1.29 is 14.3 Å². The third kappa shape index (κ3) is 5.20. The zero-order chi connectivity index (χ0) is 19.1. The van der Waals surface area contributed by atoms with E-state index in [2.05, 4.69) is 18.3 Å². The van der Waals surface area contributed by atoms with Gasteiger partial charge >= 0.3 is 6.09 Å². The Morgan fingerprint density at radius 2 is 1.74 bits per heavy atom. The summed E-state index contributed by atoms with van der Waals surface area (Å²) in [5.74, 6) is -0.124. The highest BCUT2D eigenvalue weighted by molar-refractivity contribution is 5.87. The third-order valence-corrected chi connectivity index (χ3v) is 4.60. The van der Waals surface area contributed by atoms with Crippen LogP contribution in [0.25, 0.3) is 0 Å². The third-order valence-electron chi connectivity index (χ3n) is 4.60. The molecule has 27 heavy (non-hydrogen) atoms. The second-order valence-corrected chi connectivity index (χ2v) is 6.63. The maximum atomic E-state index is 13.0. The van der Waals surface area contributed by atoms with Crippen LogP contribution in [0.5, 0.6) is 0 Å². The number of amides is 2. The van der Waals surface area contributed by atoms with Gasteiger partial charge in [-0.25, -0.2) is 4.79 Å². The van der Waals surface area contributed by atoms with E-state index in [1.54, 1.807) is 4.90 Å². The summed E-state index contributed by atoms with van der Waals surface area (Å²) in [6, 6.07) is 18.0. The summed E-state index contributed by atoms with van der Waals surface area (Å²) in [6.07, 6.45) is 2.30. The van der Waals surface area contributed by atoms with Crippen LogP contribution in [0.3, 0.4) is 0 Å². The van der Waals surface area contributed by atoms with Gasteiger partial charge in [0, 0.05) is 13.1 Å². The Morgan fingerprint density at radius 3 is 2.37 bits per heavy atom. The molecule has 1 atom stereocenters. The minimum atomic E-state index is -0.763. The molecule has 2 aromatic rings. The number of carbonyl (C=O) groups is 2. The highest BCUT2D eigenvalue weighted by atomic mass is 16.5. The highest BCUT2D eigenvalue weighted by Crippen LogP contribution is 2.19. The Hall–Kier alpha value is -3.08. The van der Waals surface area contributed by atoms with E-state index in [-0.39, 0.29) is 12.5 Å². The molecule has 5 heteroatoms. The first-order valence-corrected chi connectivity index (χ1v) is 9.10. The van der Waals surface area contributed by atoms with Crippen molar-refractivity contribution in [2.75, 3.05) is 13.1 Å². The Morgan fingerprint density at radius 1 is 1.07 bits per heavy atom. The molecule has 0 saturated carbocycles. The quantitative estimate of drug-likeness (QED) is 0.820. The summed E-state index contributed by atoms with van der Waals surface area (Å²) in [4.78, 5) is 27.1. The summed E-state index contributed by atoms with van der Waals surface area (Å²) < 4.78 is 5.30. The molecule has 0 fully saturated rings. The van der Waals surface area contributed by atoms with Crippen LogP contribution in [0.4, 0.5) is 4.79 Å². The van der Waals surface area contributed by atoms with Crippen molar-refractivity contribution in [3.05, 3.63) is 83.4 Å². The van der Waals surface area contributed by atoms with Crippen LogP contribution in [0.2, 0.25) is 0 Å². The second-order valence-electron chi connectivity index (χ2n) is 6.63. The molecule has 0 radical (unpaired) electrons. The Balaban J connectivity index is 1.68. The predicted octanol–water partition coefficient (Wildman–Crippen LogP) is 3.83. The van der Waals surface area contributed by atoms with E-state index in [1.807, 2.05) is 60.7 Å². The zero-order valence-corrected chi connectivity index (χ0v) is 15.4. The molecular formula is C22H24N2O3. The second kappa shape index (κ2) is 9.03. The number of hydrogen-bond acceptors (Lipinski definition) is 3. The number of nitrogens with one attached hydrogen (secondary N) is 1. The van der Waals surface area contributed by atoms with Crippen molar-refractivity contribution in [1.82, 2.24) is 10.2 Å². The number of carbonyl (C=O) groups excluding carboxylic acids is 2. The Kier molecular flexibility index (Phi) is 6.26. The van der Waals surface area contributed by atoms with Gasteiger partial charge in [-0.15, -0.1) is 0 Å². The van der Waals surface area contributed by atoms with Crippen LogP contribution in [-0.4, -0.2) is 30.0 Å². The molecule has 0 aromatic heterocycles. The van der Waals surface area contributed by atoms with Gasteiger partial charge < -0.3 is 15.0 Å². The molecule has 1 unspecified atom stereocenters. The fourth-order valence-corrected chi connectivity index (χ4v) is 2.97. The number of nitrogens with zero attached hydrogens (tertiary/aromatic N) is 1. The van der Waals surface area contributed by atoms with Crippen LogP contribution in [-0.2, 0) is 16.1 Å². The van der Waals surface area contributed by atoms with Gasteiger partial charge in [0.2, 0.25) is 5.91 Å². The lowest BCUT2D eigenvalue weighted by Gasteiger charge is -2.29. The summed E-state index contributed by atoms with van der Waals surface area (Å²) in [5.41, 5.74) is 2.92. The van der Waals surface area contributed by atoms with Crippen molar-refractivity contribution in [3.63, 3.8) is 0 Å². The van der Waals surface area contributed by atoms with Crippen LogP contribution in [0.1, 0.15) is 30.5 Å². The summed E-state index contributed by atoms with van der Waals surface area (Å²) in [6.45, 7) is 3.45. The molecule has 5 nitrogen and oxygen atoms in total. The molecule has 0 saturated heterocycles. The van der Waals surface area contributed by atoms with Gasteiger partial charge in [-0.1, -0.05) is 72.3 Å². The van der Waals surface area contributed by atoms with Gasteiger partial charge in [0.05, 0.1) is 0 Å². The average Bonchev–Trinajstić information content (AvgIpc) is 2.72. The van der Waals surface area contributed by atoms with E-state index >= 15 is 0 Å². The minimum absolute atomic E-state index is 0.124. The standard InChI is InChI=1S/C22H24N2O3/c1-17-12-14-24(15-13-17)21(25)20(19-10-6-3-7-11-19)23-22(26)27-16-18-8-4-2-5-9-18/h2-12,20H,13-16H2,1H3,(H,23,26). The fraction of sp³-hybridized carbons (Fsp3) is 0.273. The topological polar surface area (TPSA) is 58.6 Å². The first-order chi connectivity index (χ1) is 13.1. The molecule has 3 rings (SSSR count). The average molecular weight is 364 g/mol. The molecule has 2 amide bonds. The number of ether oxygens (including phenoxy) is 1. The highest BCUT2D eigenvalue weighted by Gasteiger charge is 2.28. The van der Waals surface area contributed by atoms with E-state index in [0.29, 0.717) is 13.1 Å². The molecule has 1 aliphatic rings. The fourth-order valence-electron chi connectivity index (χ4n) is 2.97. The molecule has 1 aliphatic heterocycles. The molecule has 1 N–H and O–H groups in total. The van der Waals surface area contributed by atoms with E-state index in [0.717, 1.165) is 17.5 Å². The van der Waals surface area contributed by atoms with Crippen LogP contribution >= 0.6 is 0 Å². The maximum absolute atomic E-state index is 13.0. The largest absolute Gasteiger partial charge is 0.445 e. The van der Waals surface area contributed by atoms with Crippen LogP contribution < -0.4 is 5.32 Å². The van der Waals surface area contributed by atoms with Gasteiger partial charge in [-0.3, -0.25) is 4.79 Å². The molecular weight excluding hydrogens is 340 g/mol. The van der Waals surface area contributed by atoms with Crippen LogP contribution in [0, 0.1) is 0 Å². The van der Waals surface area contributed by atoms with E-state index in [4.69, 9.17) is 4.74 Å². The molecule has 0 bridgehead atoms. The predicted molar refractivity (Wildman–Crippen MR) is 104 cm³/mol. The Bertz CT molecular complexity index is 803. The van der Waals surface area contributed by atoms with Gasteiger partial charge in [0.1, 0.15) is 12.6 Å². The zero-order valence-electron chi connectivity index (χ0n) is 15.4. The van der Waals surface area contributed by atoms with E-state index in [1.165, 1.54) is 5.57 Å². The van der Waals surface area contributed by atoms with Crippen molar-refractivity contribution in [3.8, 4) is 0 Å². The lowest BCUT2D eigenvalue weighted by molar-refractivity contribution is -0.133. The lowest BCUT2D eigenvalue weighted by atomic mass is 10.0. The summed E-state index contributed by atoms with van der Waals surface area (Å²) in [7, 11) is 0. The molecule has 0 spiro atoms. The van der Waals surface area contributed by atoms with Crippen molar-refractivity contribution in [2.24, 2.45) is 0 Å². The molecule has 1 heterocycles. The van der Waals surface area contributed by atoms with Gasteiger partial charge in [-0.05, 0) is 24.5 Å². The first-order valence-electron chi connectivity index (χ1n) is 9.10. The SMILES string of the molecule is CC1=CCN(C(=O)C(NC(=O)OCc2ccccc2)c2ccccc2)CC1. The number of alkyl carbamates (subject to hydrolysis) is 1. The molecule has 140 valence electrons. The van der Waals surface area contributed by atoms with Gasteiger partial charge in [0.25, 0.3) is 0 Å². The first kappa shape index (κ1) is 18.7. The summed E-state index contributed by atoms with van der Waals surface area (Å²) in [5, 5.41) is 2.74. The maximum Gasteiger partial charge on any atom is 0.408 e. The van der Waals surface area contributed by atoms with Gasteiger partial charge in [-0.2, -0.15) is 0 Å². The normalized spacial score (nSPS) is 14.9. The minimum Gasteiger partial charge on any atom is -0.445 e. The smallest absolute Gasteiger partial charge is 0.408 e. The molecule has 0 aliphatic carbocycles. The van der Waals surface area contributed by atoms with Crippen molar-refractivity contribution in [2.45, 2.75) is 26.0 Å². The Labute approximate surface area is 159 Å². The molecule has 2 aromatic carbocycles. The van der Waals surface area contributed by atoms with E-state index in [9.17, 15) is 9.59 Å². The number of hydrogen-bond donors (Lipinski definition) is 1. The number of benzene rings is 2.